The molecule has 0 saturated heterocycles. The highest BCUT2D eigenvalue weighted by Gasteiger charge is 2.39. The van der Waals surface area contributed by atoms with Gasteiger partial charge in [0, 0.05) is 60.1 Å². The van der Waals surface area contributed by atoms with E-state index in [1.165, 1.54) is 98.0 Å². The van der Waals surface area contributed by atoms with Gasteiger partial charge in [-0.1, -0.05) is 172 Å². The minimum absolute atomic E-state index is 0.326. The minimum atomic E-state index is -0.326. The Morgan fingerprint density at radius 3 is 1.89 bits per heavy atom. The van der Waals surface area contributed by atoms with E-state index in [4.69, 9.17) is 0 Å². The zero-order chi connectivity index (χ0) is 47.2. The average molecular weight is 926 g/mol. The Kier molecular flexibility index (Phi) is 9.42. The molecule has 1 aliphatic rings. The highest BCUT2D eigenvalue weighted by atomic mass is 32.1. The van der Waals surface area contributed by atoms with Gasteiger partial charge in [-0.05, 0) is 140 Å². The van der Waals surface area contributed by atoms with Crippen LogP contribution in [0, 0.1) is 0 Å². The van der Waals surface area contributed by atoms with Crippen molar-refractivity contribution in [1.29, 1.82) is 0 Å². The summed E-state index contributed by atoms with van der Waals surface area (Å²) in [5, 5.41) is 11.1. The van der Waals surface area contributed by atoms with Gasteiger partial charge in [0.05, 0.1) is 22.1 Å². The highest BCUT2D eigenvalue weighted by molar-refractivity contribution is 7.17. The molecule has 1 aliphatic carbocycles. The van der Waals surface area contributed by atoms with E-state index in [0.717, 1.165) is 28.3 Å². The van der Waals surface area contributed by atoms with E-state index in [1.54, 1.807) is 11.3 Å². The largest absolute Gasteiger partial charge is 0.310 e. The second-order valence-electron chi connectivity index (χ2n) is 19.3. The number of para-hydroxylation sites is 3. The van der Waals surface area contributed by atoms with Crippen molar-refractivity contribution in [3.63, 3.8) is 0 Å². The lowest BCUT2D eigenvalue weighted by Crippen LogP contribution is -2.18. The second kappa shape index (κ2) is 16.2. The Bertz CT molecular complexity index is 4300. The van der Waals surface area contributed by atoms with Crippen LogP contribution in [-0.2, 0) is 5.41 Å². The number of benzene rings is 10. The van der Waals surface area contributed by atoms with Gasteiger partial charge < -0.3 is 14.0 Å². The van der Waals surface area contributed by atoms with Crippen LogP contribution >= 0.6 is 11.3 Å². The maximum atomic E-state index is 2.52. The van der Waals surface area contributed by atoms with Crippen LogP contribution in [0.1, 0.15) is 36.1 Å². The van der Waals surface area contributed by atoms with E-state index in [9.17, 15) is 0 Å². The first kappa shape index (κ1) is 41.3. The number of nitrogens with zero attached hydrogens (tertiary/aromatic N) is 3. The molecule has 0 atom stereocenters. The number of fused-ring (bicyclic) bond motifs is 13. The Morgan fingerprint density at radius 1 is 0.451 bits per heavy atom. The fraction of sp³-hybridized carbons (Fsp3) is 0.0448. The molecule has 0 unspecified atom stereocenters. The van der Waals surface area contributed by atoms with Crippen LogP contribution in [0.25, 0.3) is 99.1 Å². The number of aromatic nitrogens is 2. The van der Waals surface area contributed by atoms with Crippen molar-refractivity contribution in [2.75, 3.05) is 4.90 Å². The molecule has 3 heterocycles. The van der Waals surface area contributed by atoms with Crippen LogP contribution < -0.4 is 4.90 Å². The second-order valence-corrected chi connectivity index (χ2v) is 20.2. The Morgan fingerprint density at radius 2 is 1.07 bits per heavy atom. The van der Waals surface area contributed by atoms with Gasteiger partial charge in [-0.2, -0.15) is 0 Å². The lowest BCUT2D eigenvalue weighted by Gasteiger charge is -2.28. The molecular weight excluding hydrogens is 879 g/mol. The van der Waals surface area contributed by atoms with Gasteiger partial charge in [-0.25, -0.2) is 0 Å². The molecule has 336 valence electrons. The van der Waals surface area contributed by atoms with Gasteiger partial charge in [0.25, 0.3) is 0 Å². The van der Waals surface area contributed by atoms with E-state index in [-0.39, 0.29) is 5.41 Å². The lowest BCUT2D eigenvalue weighted by atomic mass is 9.81. The fourth-order valence-electron chi connectivity index (χ4n) is 11.7. The van der Waals surface area contributed by atoms with Crippen molar-refractivity contribution in [1.82, 2.24) is 9.13 Å². The molecular formula is C67H47N3S. The summed E-state index contributed by atoms with van der Waals surface area (Å²) in [6.45, 7) is 4.86. The van der Waals surface area contributed by atoms with Crippen molar-refractivity contribution < 1.29 is 0 Å². The number of allylic oxidation sites excluding steroid dienone is 2. The van der Waals surface area contributed by atoms with Gasteiger partial charge in [0.15, 0.2) is 0 Å². The first-order valence-corrected chi connectivity index (χ1v) is 25.4. The van der Waals surface area contributed by atoms with Gasteiger partial charge in [0.1, 0.15) is 0 Å². The van der Waals surface area contributed by atoms with Crippen LogP contribution in [0.4, 0.5) is 17.1 Å². The molecule has 4 heteroatoms. The molecule has 10 aromatic carbocycles. The predicted molar refractivity (Wildman–Crippen MR) is 305 cm³/mol. The van der Waals surface area contributed by atoms with Crippen molar-refractivity contribution >= 4 is 105 Å². The first-order chi connectivity index (χ1) is 35.0. The quantitative estimate of drug-likeness (QED) is 0.138. The van der Waals surface area contributed by atoms with E-state index >= 15 is 0 Å². The molecule has 0 amide bonds. The molecule has 71 heavy (non-hydrogen) atoms. The number of rotatable bonds is 8. The van der Waals surface area contributed by atoms with Crippen LogP contribution in [0.2, 0.25) is 0 Å². The zero-order valence-electron chi connectivity index (χ0n) is 39.4. The normalized spacial score (nSPS) is 13.2. The molecule has 0 bridgehead atoms. The summed E-state index contributed by atoms with van der Waals surface area (Å²) in [4.78, 5) is 2.45. The molecule has 0 fully saturated rings. The monoisotopic (exact) mass is 925 g/mol. The van der Waals surface area contributed by atoms with E-state index in [2.05, 4.69) is 276 Å². The smallest absolute Gasteiger partial charge is 0.0588 e. The Labute approximate surface area is 416 Å². The van der Waals surface area contributed by atoms with Crippen molar-refractivity contribution in [2.45, 2.75) is 19.3 Å². The summed E-state index contributed by atoms with van der Waals surface area (Å²) in [5.74, 6) is 0. The SMILES string of the molecule is CC1(C)c2cc(N(c3ccc(/C=C/C=C\c4csc5ccccc45)cc3)c3ccc4c(c3)c3ccccc3n4-c3ccccc3)ccc2-c2ccc3c4c5ccccc5ccc4n(-c4ccccc4)c3c21. The molecule has 0 radical (unpaired) electrons. The molecule has 0 N–H and O–H groups in total. The Balaban J connectivity index is 0.922. The summed E-state index contributed by atoms with van der Waals surface area (Å²) in [6, 6.07) is 80.4. The topological polar surface area (TPSA) is 13.1 Å². The number of anilines is 3. The average Bonchev–Trinajstić information content (AvgIpc) is 4.15. The number of thiophene rings is 1. The summed E-state index contributed by atoms with van der Waals surface area (Å²) < 4.78 is 6.23. The molecule has 0 saturated carbocycles. The third-order valence-electron chi connectivity index (χ3n) is 14.9. The van der Waals surface area contributed by atoms with Gasteiger partial charge in [0.2, 0.25) is 0 Å². The molecule has 3 aromatic heterocycles. The maximum Gasteiger partial charge on any atom is 0.0588 e. The zero-order valence-corrected chi connectivity index (χ0v) is 40.2. The van der Waals surface area contributed by atoms with Gasteiger partial charge in [-0.3, -0.25) is 0 Å². The molecule has 3 nitrogen and oxygen atoms in total. The van der Waals surface area contributed by atoms with Crippen molar-refractivity contribution in [3.8, 4) is 22.5 Å². The van der Waals surface area contributed by atoms with Crippen LogP contribution in [-0.4, -0.2) is 9.13 Å². The van der Waals surface area contributed by atoms with Crippen molar-refractivity contribution in [3.05, 3.63) is 258 Å². The van der Waals surface area contributed by atoms with Gasteiger partial charge in [-0.15, -0.1) is 11.3 Å². The summed E-state index contributed by atoms with van der Waals surface area (Å²) in [7, 11) is 0. The number of hydrogen-bond donors (Lipinski definition) is 0. The van der Waals surface area contributed by atoms with E-state index in [0.29, 0.717) is 0 Å². The Hall–Kier alpha value is -8.70. The minimum Gasteiger partial charge on any atom is -0.310 e. The lowest BCUT2D eigenvalue weighted by molar-refractivity contribution is 0.664. The first-order valence-electron chi connectivity index (χ1n) is 24.5. The molecule has 13 aromatic rings. The third kappa shape index (κ3) is 6.49. The van der Waals surface area contributed by atoms with Gasteiger partial charge >= 0.3 is 0 Å². The fourth-order valence-corrected chi connectivity index (χ4v) is 12.7. The summed E-state index contributed by atoms with van der Waals surface area (Å²) in [6.07, 6.45) is 8.69. The van der Waals surface area contributed by atoms with Crippen molar-refractivity contribution in [2.24, 2.45) is 0 Å². The van der Waals surface area contributed by atoms with Crippen LogP contribution in [0.3, 0.4) is 0 Å². The summed E-state index contributed by atoms with van der Waals surface area (Å²) in [5.41, 5.74) is 17.9. The standard InChI is InChI=1S/C67H47N3S/c1-67(2)59-42-51(34-36-54(59)56-37-38-57-64-53-25-12-11-18-45(53)31-39-62(64)70(66(57)65(56)67)48-22-7-4-8-23-48)68(49-32-29-44(30-33-49)17-9-10-19-46-43-71-63-28-16-14-24-52(46)63)50-35-40-61-58(41-50)55-26-13-15-27-60(55)69(61)47-20-5-3-6-21-47/h3-43H,1-2H3/b17-9+,19-10-. The van der Waals surface area contributed by atoms with E-state index < -0.39 is 0 Å². The maximum absolute atomic E-state index is 2.52. The number of hydrogen-bond acceptors (Lipinski definition) is 2. The molecule has 0 spiro atoms. The highest BCUT2D eigenvalue weighted by Crippen LogP contribution is 2.55. The van der Waals surface area contributed by atoms with E-state index in [1.807, 2.05) is 0 Å². The summed E-state index contributed by atoms with van der Waals surface area (Å²) >= 11 is 1.79. The molecule has 14 rings (SSSR count). The van der Waals surface area contributed by atoms with Crippen LogP contribution in [0.15, 0.2) is 236 Å². The predicted octanol–water partition coefficient (Wildman–Crippen LogP) is 18.8. The molecule has 0 aliphatic heterocycles. The third-order valence-corrected chi connectivity index (χ3v) is 15.9. The van der Waals surface area contributed by atoms with Crippen LogP contribution in [0.5, 0.6) is 0 Å².